The van der Waals surface area contributed by atoms with E-state index in [1.165, 1.54) is 193 Å². The zero-order valence-corrected chi connectivity index (χ0v) is 76.2. The molecule has 0 aliphatic heterocycles. The molecule has 0 saturated heterocycles. The van der Waals surface area contributed by atoms with E-state index in [1.54, 1.807) is 0 Å². The first-order valence-corrected chi connectivity index (χ1v) is 48.9. The molecular formula is C128H77N3O3S3. The van der Waals surface area contributed by atoms with Crippen LogP contribution in [0.1, 0.15) is 0 Å². The Morgan fingerprint density at radius 2 is 0.489 bits per heavy atom. The van der Waals surface area contributed by atoms with Crippen LogP contribution in [-0.4, -0.2) is 13.7 Å². The third kappa shape index (κ3) is 12.4. The number of thiophene rings is 3. The Hall–Kier alpha value is -17.2. The summed E-state index contributed by atoms with van der Waals surface area (Å²) in [5.74, 6) is 0. The van der Waals surface area contributed by atoms with Gasteiger partial charge in [0.2, 0.25) is 0 Å². The maximum Gasteiger partial charge on any atom is 0.143 e. The van der Waals surface area contributed by atoms with E-state index in [2.05, 4.69) is 481 Å². The zero-order chi connectivity index (χ0) is 89.9. The SMILES string of the molecule is c1ccc(-c2cccc3c2oc2cccc(-c4ccccc4-c4cccc5sc6c7ccccc7n(-c7ccccc7)c6c45)c23)cc1.c1ccc(-n2c3ccccc3c3sc4cccc(-c5ccccc5-c5ccc6c(c5)oc5ccc7ccccc7c56)c4c32)cc1.c1ccc(-n2c3ccccc3c3sc4cccc(-c5ccccc5-c5cccc6oc7c8ccccc8ccc7c56)c4c32)cc1. The first-order chi connectivity index (χ1) is 68.0. The lowest BCUT2D eigenvalue weighted by Gasteiger charge is -2.14. The summed E-state index contributed by atoms with van der Waals surface area (Å²) in [4.78, 5) is 0. The molecule has 9 heteroatoms. The van der Waals surface area contributed by atoms with Crippen LogP contribution in [0, 0.1) is 0 Å². The number of nitrogens with zero attached hydrogens (tertiary/aromatic N) is 3. The number of aromatic nitrogens is 3. The minimum atomic E-state index is 0.899. The van der Waals surface area contributed by atoms with Gasteiger partial charge in [-0.05, 0) is 198 Å². The molecule has 0 N–H and O–H groups in total. The van der Waals surface area contributed by atoms with Gasteiger partial charge in [-0.3, -0.25) is 0 Å². The van der Waals surface area contributed by atoms with Crippen molar-refractivity contribution in [3.8, 4) is 95.0 Å². The van der Waals surface area contributed by atoms with E-state index in [0.717, 1.165) is 82.5 Å². The number of furan rings is 3. The Balaban J connectivity index is 0.000000102. The summed E-state index contributed by atoms with van der Waals surface area (Å²) >= 11 is 5.66. The maximum atomic E-state index is 6.66. The van der Waals surface area contributed by atoms with Crippen molar-refractivity contribution in [2.45, 2.75) is 0 Å². The summed E-state index contributed by atoms with van der Waals surface area (Å²) < 4.78 is 34.9. The predicted octanol–water partition coefficient (Wildman–Crippen LogP) is 37.7. The Morgan fingerprint density at radius 3 is 0.964 bits per heavy atom. The van der Waals surface area contributed by atoms with Gasteiger partial charge in [0.25, 0.3) is 0 Å². The Kier molecular flexibility index (Phi) is 18.2. The van der Waals surface area contributed by atoms with E-state index >= 15 is 0 Å². The van der Waals surface area contributed by atoms with E-state index < -0.39 is 0 Å². The molecule has 0 spiro atoms. The highest BCUT2D eigenvalue weighted by Crippen LogP contribution is 2.54. The summed E-state index contributed by atoms with van der Waals surface area (Å²) in [7, 11) is 0. The minimum Gasteiger partial charge on any atom is -0.456 e. The number of fused-ring (bicyclic) bond motifs is 28. The van der Waals surface area contributed by atoms with E-state index in [4.69, 9.17) is 13.3 Å². The smallest absolute Gasteiger partial charge is 0.143 e. The zero-order valence-electron chi connectivity index (χ0n) is 73.7. The average molecular weight is 1800 g/mol. The fourth-order valence-corrected chi connectivity index (χ4v) is 25.8. The quantitative estimate of drug-likeness (QED) is 0.137. The molecule has 0 unspecified atom stereocenters. The molecule has 30 rings (SSSR count). The summed E-state index contributed by atoms with van der Waals surface area (Å²) in [5, 5.41) is 19.4. The van der Waals surface area contributed by atoms with Gasteiger partial charge < -0.3 is 27.0 Å². The predicted molar refractivity (Wildman–Crippen MR) is 583 cm³/mol. The summed E-state index contributed by atoms with van der Waals surface area (Å²) in [6.45, 7) is 0. The number of rotatable bonds is 10. The van der Waals surface area contributed by atoms with Gasteiger partial charge in [0, 0.05) is 107 Å². The molecule has 0 aliphatic carbocycles. The van der Waals surface area contributed by atoms with Gasteiger partial charge >= 0.3 is 0 Å². The van der Waals surface area contributed by atoms with Crippen LogP contribution in [0.2, 0.25) is 0 Å². The average Bonchev–Trinajstić information content (AvgIpc) is 1.56. The van der Waals surface area contributed by atoms with Crippen LogP contribution in [0.25, 0.3) is 276 Å². The first kappa shape index (κ1) is 78.5. The molecule has 0 aliphatic rings. The van der Waals surface area contributed by atoms with Gasteiger partial charge in [0.05, 0.1) is 47.2 Å². The normalized spacial score (nSPS) is 11.9. The molecule has 0 fully saturated rings. The third-order valence-corrected chi connectivity index (χ3v) is 31.4. The second kappa shape index (κ2) is 31.8. The van der Waals surface area contributed by atoms with Crippen LogP contribution in [-0.2, 0) is 0 Å². The van der Waals surface area contributed by atoms with Gasteiger partial charge in [-0.25, -0.2) is 0 Å². The second-order valence-electron chi connectivity index (χ2n) is 35.3. The topological polar surface area (TPSA) is 54.2 Å². The first-order valence-electron chi connectivity index (χ1n) is 46.5. The monoisotopic (exact) mass is 1800 g/mol. The Labute approximate surface area is 797 Å². The van der Waals surface area contributed by atoms with Gasteiger partial charge in [0.1, 0.15) is 33.5 Å². The molecule has 9 heterocycles. The number of hydrogen-bond acceptors (Lipinski definition) is 6. The maximum absolute atomic E-state index is 6.66. The molecule has 137 heavy (non-hydrogen) atoms. The molecule has 0 saturated carbocycles. The van der Waals surface area contributed by atoms with Crippen molar-refractivity contribution in [1.29, 1.82) is 0 Å². The summed E-state index contributed by atoms with van der Waals surface area (Å²) in [5.41, 5.74) is 33.3. The van der Waals surface area contributed by atoms with Crippen LogP contribution >= 0.6 is 34.0 Å². The standard InChI is InChI=1S/C44H27NOS.2C42H25NOS/c1-3-14-28(15-4-1)30-21-11-24-36-40-33(22-12-26-38(40)46-43(30)36)31-18-7-8-19-32(31)34-23-13-27-39-41(34)42-44(47-39)35-20-9-10-25-37(35)45(42)29-16-5-2-6-17-29;1-2-13-27(14-3-1)43-35-21-9-8-18-33(35)42-40(43)39-32(20-11-23-37(39)45-42)30-17-7-6-16-29(30)31-19-10-22-36-38(31)34-25-24-26-12-4-5-15-28(26)41(34)44-36;1-2-12-28(13-3-1)43-35-19-9-8-17-33(35)42-41(43)40-32(18-10-20-38(40)45-42)31-16-7-6-14-29(31)27-21-23-34-37(25-27)44-36-24-22-26-11-4-5-15-30(26)39(34)36/h1-27H;2*1-25H. The highest BCUT2D eigenvalue weighted by Gasteiger charge is 2.29. The van der Waals surface area contributed by atoms with Crippen molar-refractivity contribution < 1.29 is 13.3 Å². The van der Waals surface area contributed by atoms with Crippen molar-refractivity contribution in [1.82, 2.24) is 13.7 Å². The molecular weight excluding hydrogens is 1720 g/mol. The van der Waals surface area contributed by atoms with Gasteiger partial charge in [-0.2, -0.15) is 0 Å². The largest absolute Gasteiger partial charge is 0.456 e. The molecule has 640 valence electrons. The fraction of sp³-hybridized carbons (Fsp3) is 0. The molecule has 0 radical (unpaired) electrons. The van der Waals surface area contributed by atoms with Gasteiger partial charge in [-0.1, -0.05) is 358 Å². The van der Waals surface area contributed by atoms with Crippen LogP contribution < -0.4 is 0 Å². The van der Waals surface area contributed by atoms with Crippen molar-refractivity contribution in [2.75, 3.05) is 0 Å². The van der Waals surface area contributed by atoms with Crippen molar-refractivity contribution in [3.63, 3.8) is 0 Å². The lowest BCUT2D eigenvalue weighted by Crippen LogP contribution is -1.94. The van der Waals surface area contributed by atoms with Crippen LogP contribution in [0.4, 0.5) is 0 Å². The Bertz CT molecular complexity index is 10100. The lowest BCUT2D eigenvalue weighted by atomic mass is 9.90. The minimum absolute atomic E-state index is 0.899. The van der Waals surface area contributed by atoms with Crippen molar-refractivity contribution in [2.24, 2.45) is 0 Å². The summed E-state index contributed by atoms with van der Waals surface area (Å²) in [6.07, 6.45) is 0. The molecule has 30 aromatic rings. The highest BCUT2D eigenvalue weighted by molar-refractivity contribution is 7.27. The van der Waals surface area contributed by atoms with E-state index in [1.807, 2.05) is 34.0 Å². The summed E-state index contributed by atoms with van der Waals surface area (Å²) in [6, 6.07) is 168. The van der Waals surface area contributed by atoms with Crippen LogP contribution in [0.3, 0.4) is 0 Å². The molecule has 0 amide bonds. The fourth-order valence-electron chi connectivity index (χ4n) is 22.0. The number of hydrogen-bond donors (Lipinski definition) is 0. The van der Waals surface area contributed by atoms with Crippen LogP contribution in [0.15, 0.2) is 480 Å². The van der Waals surface area contributed by atoms with Gasteiger partial charge in [0.15, 0.2) is 0 Å². The highest BCUT2D eigenvalue weighted by atomic mass is 32.1. The molecule has 0 atom stereocenters. The number of benzene rings is 21. The van der Waals surface area contributed by atoms with Gasteiger partial charge in [-0.15, -0.1) is 34.0 Å². The molecule has 0 bridgehead atoms. The van der Waals surface area contributed by atoms with E-state index in [9.17, 15) is 0 Å². The molecule has 6 nitrogen and oxygen atoms in total. The van der Waals surface area contributed by atoms with E-state index in [-0.39, 0.29) is 0 Å². The van der Waals surface area contributed by atoms with Crippen molar-refractivity contribution in [3.05, 3.63) is 467 Å². The van der Waals surface area contributed by atoms with Crippen molar-refractivity contribution >= 4 is 215 Å². The van der Waals surface area contributed by atoms with Crippen LogP contribution in [0.5, 0.6) is 0 Å². The third-order valence-electron chi connectivity index (χ3n) is 27.9. The van der Waals surface area contributed by atoms with E-state index in [0.29, 0.717) is 0 Å². The Morgan fingerprint density at radius 1 is 0.168 bits per heavy atom. The number of para-hydroxylation sites is 7. The molecule has 9 aromatic heterocycles. The second-order valence-corrected chi connectivity index (χ2v) is 38.5. The lowest BCUT2D eigenvalue weighted by molar-refractivity contribution is 0.669. The molecule has 21 aromatic carbocycles.